The van der Waals surface area contributed by atoms with Crippen LogP contribution in [0.1, 0.15) is 24.4 Å². The van der Waals surface area contributed by atoms with E-state index < -0.39 is 12.1 Å². The average molecular weight is 451 g/mol. The van der Waals surface area contributed by atoms with Crippen molar-refractivity contribution in [3.8, 4) is 23.0 Å². The first-order valence-corrected chi connectivity index (χ1v) is 10.5. The Morgan fingerprint density at radius 2 is 2.03 bits per heavy atom. The molecule has 1 aliphatic heterocycles. The highest BCUT2D eigenvalue weighted by Crippen LogP contribution is 2.35. The predicted molar refractivity (Wildman–Crippen MR) is 116 cm³/mol. The van der Waals surface area contributed by atoms with E-state index in [1.165, 1.54) is 29.9 Å². The van der Waals surface area contributed by atoms with Gasteiger partial charge in [0.2, 0.25) is 4.96 Å². The number of hydrogen-bond acceptors (Lipinski definition) is 9. The van der Waals surface area contributed by atoms with Gasteiger partial charge in [0.15, 0.2) is 34.9 Å². The molecule has 0 radical (unpaired) electrons. The number of ether oxygens (including phenoxy) is 4. The van der Waals surface area contributed by atoms with Crippen LogP contribution in [-0.4, -0.2) is 34.3 Å². The topological polar surface area (TPSA) is 101 Å². The molecule has 5 rings (SSSR count). The first-order valence-electron chi connectivity index (χ1n) is 9.68. The Morgan fingerprint density at radius 3 is 2.78 bits per heavy atom. The van der Waals surface area contributed by atoms with Gasteiger partial charge in [-0.25, -0.2) is 0 Å². The highest BCUT2D eigenvalue weighted by molar-refractivity contribution is 7.15. The van der Waals surface area contributed by atoms with E-state index in [2.05, 4.69) is 10.1 Å². The summed E-state index contributed by atoms with van der Waals surface area (Å²) >= 11 is 1.22. The van der Waals surface area contributed by atoms with Gasteiger partial charge >= 0.3 is 5.97 Å². The van der Waals surface area contributed by atoms with Gasteiger partial charge in [-0.15, -0.1) is 5.10 Å². The first kappa shape index (κ1) is 20.0. The summed E-state index contributed by atoms with van der Waals surface area (Å²) < 4.78 is 23.8. The summed E-state index contributed by atoms with van der Waals surface area (Å²) in [5.74, 6) is 1.92. The Kier molecular flexibility index (Phi) is 4.98. The number of thiazole rings is 1. The lowest BCUT2D eigenvalue weighted by atomic mass is 10.2. The molecule has 1 aliphatic rings. The van der Waals surface area contributed by atoms with Crippen LogP contribution in [0.25, 0.3) is 11.0 Å². The van der Waals surface area contributed by atoms with Crippen LogP contribution in [0.3, 0.4) is 0 Å². The molecule has 0 unspecified atom stereocenters. The molecule has 0 aliphatic carbocycles. The van der Waals surface area contributed by atoms with Gasteiger partial charge in [0.25, 0.3) is 5.56 Å². The second-order valence-electron chi connectivity index (χ2n) is 6.95. The van der Waals surface area contributed by atoms with Crippen molar-refractivity contribution in [2.75, 3.05) is 13.7 Å². The summed E-state index contributed by atoms with van der Waals surface area (Å²) in [6.07, 6.45) is 1.21. The maximum Gasteiger partial charge on any atom is 0.308 e. The number of rotatable bonds is 4. The van der Waals surface area contributed by atoms with Crippen LogP contribution < -0.4 is 29.0 Å². The number of aromatic nitrogens is 3. The molecule has 162 valence electrons. The molecule has 4 aromatic rings. The third kappa shape index (κ3) is 3.65. The molecule has 0 spiro atoms. The van der Waals surface area contributed by atoms with Gasteiger partial charge in [0.05, 0.1) is 11.6 Å². The maximum atomic E-state index is 12.9. The summed E-state index contributed by atoms with van der Waals surface area (Å²) in [5, 5.41) is 4.35. The molecule has 0 fully saturated rings. The highest BCUT2D eigenvalue weighted by Gasteiger charge is 2.27. The standard InChI is InChI=1S/C22H17N3O6S/c1-12(26)30-16-8-7-13(9-17(16)28-2)10-19-21(27)25-22(32-19)23-20(24-25)18-11-29-14-5-3-4-6-15(14)31-18/h3-10,18H,11H2,1-2H3/b19-10-/t18-/m0/s1. The minimum atomic E-state index is -0.498. The lowest BCUT2D eigenvalue weighted by Gasteiger charge is -2.24. The molecular formula is C22H17N3O6S. The zero-order chi connectivity index (χ0) is 22.2. The average Bonchev–Trinajstić information content (AvgIpc) is 3.33. The number of nitrogens with zero attached hydrogens (tertiary/aromatic N) is 3. The second-order valence-corrected chi connectivity index (χ2v) is 7.96. The molecule has 2 aromatic carbocycles. The van der Waals surface area contributed by atoms with Crippen LogP contribution in [0.2, 0.25) is 0 Å². The van der Waals surface area contributed by atoms with E-state index in [1.807, 2.05) is 24.3 Å². The molecule has 3 heterocycles. The van der Waals surface area contributed by atoms with Crippen molar-refractivity contribution in [1.29, 1.82) is 0 Å². The van der Waals surface area contributed by atoms with Crippen LogP contribution in [-0.2, 0) is 4.79 Å². The molecule has 0 N–H and O–H groups in total. The minimum absolute atomic E-state index is 0.260. The van der Waals surface area contributed by atoms with E-state index in [-0.39, 0.29) is 12.2 Å². The minimum Gasteiger partial charge on any atom is -0.493 e. The maximum absolute atomic E-state index is 12.9. The summed E-state index contributed by atoms with van der Waals surface area (Å²) in [6, 6.07) is 12.4. The first-order chi connectivity index (χ1) is 15.5. The molecule has 0 saturated heterocycles. The van der Waals surface area contributed by atoms with Gasteiger partial charge in [0, 0.05) is 6.92 Å². The molecular weight excluding hydrogens is 434 g/mol. The van der Waals surface area contributed by atoms with Crippen molar-refractivity contribution in [3.63, 3.8) is 0 Å². The number of fused-ring (bicyclic) bond motifs is 2. The summed E-state index contributed by atoms with van der Waals surface area (Å²) in [4.78, 5) is 29.0. The van der Waals surface area contributed by atoms with Crippen molar-refractivity contribution < 1.29 is 23.7 Å². The Hall–Kier alpha value is -3.92. The van der Waals surface area contributed by atoms with E-state index in [9.17, 15) is 9.59 Å². The van der Waals surface area contributed by atoms with Crippen molar-refractivity contribution in [1.82, 2.24) is 14.6 Å². The summed E-state index contributed by atoms with van der Waals surface area (Å²) in [5.41, 5.74) is 0.420. The SMILES string of the molecule is COc1cc(/C=c2\sc3nc([C@@H]4COc5ccccc5O4)nn3c2=O)ccc1OC(C)=O. The predicted octanol–water partition coefficient (Wildman–Crippen LogP) is 2.15. The van der Waals surface area contributed by atoms with Gasteiger partial charge < -0.3 is 18.9 Å². The summed E-state index contributed by atoms with van der Waals surface area (Å²) in [6.45, 7) is 1.58. The fourth-order valence-corrected chi connectivity index (χ4v) is 4.21. The summed E-state index contributed by atoms with van der Waals surface area (Å²) in [7, 11) is 1.48. The molecule has 1 atom stereocenters. The lowest BCUT2D eigenvalue weighted by molar-refractivity contribution is -0.132. The van der Waals surface area contributed by atoms with Gasteiger partial charge in [-0.05, 0) is 35.9 Å². The smallest absolute Gasteiger partial charge is 0.308 e. The van der Waals surface area contributed by atoms with Crippen LogP contribution in [0, 0.1) is 0 Å². The largest absolute Gasteiger partial charge is 0.493 e. The Bertz CT molecular complexity index is 1440. The Labute approximate surface area is 185 Å². The Morgan fingerprint density at radius 1 is 1.22 bits per heavy atom. The third-order valence-corrected chi connectivity index (χ3v) is 5.69. The highest BCUT2D eigenvalue weighted by atomic mass is 32.1. The monoisotopic (exact) mass is 451 g/mol. The van der Waals surface area contributed by atoms with E-state index in [0.717, 1.165) is 0 Å². The molecule has 0 amide bonds. The van der Waals surface area contributed by atoms with E-state index in [1.54, 1.807) is 24.3 Å². The van der Waals surface area contributed by atoms with E-state index in [0.29, 0.717) is 43.9 Å². The van der Waals surface area contributed by atoms with Crippen LogP contribution >= 0.6 is 11.3 Å². The van der Waals surface area contributed by atoms with Gasteiger partial charge in [0.1, 0.15) is 6.61 Å². The fourth-order valence-electron chi connectivity index (χ4n) is 3.30. The molecule has 32 heavy (non-hydrogen) atoms. The van der Waals surface area contributed by atoms with Gasteiger partial charge in [-0.1, -0.05) is 29.5 Å². The van der Waals surface area contributed by atoms with Crippen LogP contribution in [0.4, 0.5) is 0 Å². The number of carbonyl (C=O) groups is 1. The lowest BCUT2D eigenvalue weighted by Crippen LogP contribution is -2.26. The van der Waals surface area contributed by atoms with E-state index in [4.69, 9.17) is 18.9 Å². The van der Waals surface area contributed by atoms with Crippen LogP contribution in [0.5, 0.6) is 23.0 Å². The number of esters is 1. The van der Waals surface area contributed by atoms with Gasteiger partial charge in [-0.2, -0.15) is 9.50 Å². The molecule has 9 nitrogen and oxygen atoms in total. The molecule has 2 aromatic heterocycles. The number of methoxy groups -OCH3 is 1. The quantitative estimate of drug-likeness (QED) is 0.344. The van der Waals surface area contributed by atoms with Crippen molar-refractivity contribution >= 4 is 28.3 Å². The zero-order valence-corrected chi connectivity index (χ0v) is 17.9. The number of para-hydroxylation sites is 2. The number of hydrogen-bond donors (Lipinski definition) is 0. The Balaban J connectivity index is 1.45. The molecule has 10 heteroatoms. The zero-order valence-electron chi connectivity index (χ0n) is 17.1. The fraction of sp³-hybridized carbons (Fsp3) is 0.182. The number of carbonyl (C=O) groups excluding carboxylic acids is 1. The number of benzene rings is 2. The van der Waals surface area contributed by atoms with Crippen molar-refractivity contribution in [3.05, 3.63) is 68.7 Å². The molecule has 0 bridgehead atoms. The third-order valence-electron chi connectivity index (χ3n) is 4.73. The van der Waals surface area contributed by atoms with E-state index >= 15 is 0 Å². The van der Waals surface area contributed by atoms with Crippen molar-refractivity contribution in [2.45, 2.75) is 13.0 Å². The normalized spacial score (nSPS) is 15.7. The molecule has 0 saturated carbocycles. The second kappa shape index (κ2) is 7.97. The van der Waals surface area contributed by atoms with Crippen LogP contribution in [0.15, 0.2) is 47.3 Å². The van der Waals surface area contributed by atoms with Crippen molar-refractivity contribution in [2.24, 2.45) is 0 Å². The van der Waals surface area contributed by atoms with Gasteiger partial charge in [-0.3, -0.25) is 9.59 Å².